The van der Waals surface area contributed by atoms with E-state index in [0.29, 0.717) is 11.3 Å². The molecule has 0 saturated heterocycles. The zero-order valence-corrected chi connectivity index (χ0v) is 13.0. The monoisotopic (exact) mass is 305 g/mol. The molecule has 0 saturated carbocycles. The number of hydrogen-bond acceptors (Lipinski definition) is 3. The van der Waals surface area contributed by atoms with Crippen molar-refractivity contribution < 1.29 is 13.5 Å². The second-order valence-corrected chi connectivity index (χ2v) is 6.73. The molecule has 0 amide bonds. The fraction of sp³-hybridized carbons (Fsp3) is 0.250. The number of benzene rings is 2. The van der Waals surface area contributed by atoms with Crippen LogP contribution in [0.1, 0.15) is 18.1 Å². The molecule has 0 aliphatic heterocycles. The average molecular weight is 305 g/mol. The van der Waals surface area contributed by atoms with E-state index in [1.54, 1.807) is 42.5 Å². The van der Waals surface area contributed by atoms with Gasteiger partial charge in [0.05, 0.1) is 17.2 Å². The number of hydrogen-bond donors (Lipinski definition) is 1. The van der Waals surface area contributed by atoms with Crippen molar-refractivity contribution in [2.45, 2.75) is 24.8 Å². The highest BCUT2D eigenvalue weighted by molar-refractivity contribution is 7.92. The Morgan fingerprint density at radius 1 is 1.10 bits per heavy atom. The van der Waals surface area contributed by atoms with E-state index in [1.807, 2.05) is 13.0 Å². The molecule has 0 unspecified atom stereocenters. The normalized spacial score (nSPS) is 11.4. The fourth-order valence-corrected chi connectivity index (χ4v) is 3.47. The first-order chi connectivity index (χ1) is 10.0. The van der Waals surface area contributed by atoms with Crippen molar-refractivity contribution in [1.29, 1.82) is 0 Å². The second kappa shape index (κ2) is 6.28. The van der Waals surface area contributed by atoms with Gasteiger partial charge in [-0.25, -0.2) is 8.42 Å². The summed E-state index contributed by atoms with van der Waals surface area (Å²) in [6, 6.07) is 13.9. The summed E-state index contributed by atoms with van der Waals surface area (Å²) in [5.74, 6) is 0. The molecule has 2 rings (SSSR count). The highest BCUT2D eigenvalue weighted by Crippen LogP contribution is 2.26. The van der Waals surface area contributed by atoms with Crippen LogP contribution >= 0.6 is 0 Å². The summed E-state index contributed by atoms with van der Waals surface area (Å²) in [4.78, 5) is 0.261. The maximum absolute atomic E-state index is 12.7. The van der Waals surface area contributed by atoms with Crippen LogP contribution in [0.15, 0.2) is 53.4 Å². The Morgan fingerprint density at radius 2 is 1.81 bits per heavy atom. The van der Waals surface area contributed by atoms with E-state index in [1.165, 1.54) is 11.4 Å². The summed E-state index contributed by atoms with van der Waals surface area (Å²) in [7, 11) is -2.13. The van der Waals surface area contributed by atoms with Gasteiger partial charge in [-0.1, -0.05) is 37.3 Å². The molecule has 0 radical (unpaired) electrons. The van der Waals surface area contributed by atoms with E-state index in [9.17, 15) is 13.5 Å². The van der Waals surface area contributed by atoms with Crippen LogP contribution in [0, 0.1) is 0 Å². The minimum Gasteiger partial charge on any atom is -0.392 e. The largest absolute Gasteiger partial charge is 0.392 e. The Bertz CT molecular complexity index is 726. The molecule has 0 bridgehead atoms. The SMILES string of the molecule is CCc1cccc(S(=O)(=O)N(C)c2ccccc2CO)c1. The molecule has 0 aromatic heterocycles. The van der Waals surface area contributed by atoms with Crippen LogP contribution < -0.4 is 4.31 Å². The molecule has 4 nitrogen and oxygen atoms in total. The predicted molar refractivity (Wildman–Crippen MR) is 83.8 cm³/mol. The van der Waals surface area contributed by atoms with E-state index in [0.717, 1.165) is 12.0 Å². The van der Waals surface area contributed by atoms with Gasteiger partial charge >= 0.3 is 0 Å². The maximum Gasteiger partial charge on any atom is 0.264 e. The zero-order valence-electron chi connectivity index (χ0n) is 12.2. The highest BCUT2D eigenvalue weighted by Gasteiger charge is 2.22. The molecule has 21 heavy (non-hydrogen) atoms. The van der Waals surface area contributed by atoms with Gasteiger partial charge in [0.1, 0.15) is 0 Å². The standard InChI is InChI=1S/C16H19NO3S/c1-3-13-7-6-9-15(11-13)21(19,20)17(2)16-10-5-4-8-14(16)12-18/h4-11,18H,3,12H2,1-2H3. The van der Waals surface area contributed by atoms with E-state index in [4.69, 9.17) is 0 Å². The quantitative estimate of drug-likeness (QED) is 0.923. The van der Waals surface area contributed by atoms with Crippen LogP contribution in [0.3, 0.4) is 0 Å². The Kier molecular flexibility index (Phi) is 4.65. The van der Waals surface area contributed by atoms with Crippen molar-refractivity contribution >= 4 is 15.7 Å². The number of aliphatic hydroxyl groups excluding tert-OH is 1. The van der Waals surface area contributed by atoms with E-state index in [-0.39, 0.29) is 11.5 Å². The lowest BCUT2D eigenvalue weighted by Gasteiger charge is -2.22. The number of sulfonamides is 1. The zero-order chi connectivity index (χ0) is 15.5. The lowest BCUT2D eigenvalue weighted by atomic mass is 10.2. The highest BCUT2D eigenvalue weighted by atomic mass is 32.2. The van der Waals surface area contributed by atoms with Crippen molar-refractivity contribution in [2.24, 2.45) is 0 Å². The molecule has 0 heterocycles. The summed E-state index contributed by atoms with van der Waals surface area (Å²) in [6.45, 7) is 1.78. The van der Waals surface area contributed by atoms with Crippen molar-refractivity contribution in [1.82, 2.24) is 0 Å². The molecule has 0 fully saturated rings. The smallest absolute Gasteiger partial charge is 0.264 e. The van der Waals surface area contributed by atoms with E-state index >= 15 is 0 Å². The van der Waals surface area contributed by atoms with Gasteiger partial charge in [0.25, 0.3) is 10.0 Å². The Balaban J connectivity index is 2.47. The minimum atomic E-state index is -3.63. The fourth-order valence-electron chi connectivity index (χ4n) is 2.17. The number of para-hydroxylation sites is 1. The summed E-state index contributed by atoms with van der Waals surface area (Å²) >= 11 is 0. The summed E-state index contributed by atoms with van der Waals surface area (Å²) in [5.41, 5.74) is 2.04. The Morgan fingerprint density at radius 3 is 2.48 bits per heavy atom. The molecule has 2 aromatic rings. The number of anilines is 1. The van der Waals surface area contributed by atoms with Gasteiger partial charge in [-0.05, 0) is 30.2 Å². The van der Waals surface area contributed by atoms with Gasteiger partial charge in [-0.15, -0.1) is 0 Å². The number of rotatable bonds is 5. The molecule has 0 atom stereocenters. The molecular formula is C16H19NO3S. The molecule has 1 N–H and O–H groups in total. The van der Waals surface area contributed by atoms with E-state index in [2.05, 4.69) is 0 Å². The predicted octanol–water partition coefficient (Wildman–Crippen LogP) is 2.57. The van der Waals surface area contributed by atoms with Gasteiger partial charge in [0, 0.05) is 12.6 Å². The lowest BCUT2D eigenvalue weighted by Crippen LogP contribution is -2.27. The van der Waals surface area contributed by atoms with Crippen LogP contribution in [0.25, 0.3) is 0 Å². The number of aliphatic hydroxyl groups is 1. The molecule has 0 aliphatic carbocycles. The van der Waals surface area contributed by atoms with Crippen molar-refractivity contribution in [3.8, 4) is 0 Å². The van der Waals surface area contributed by atoms with Crippen molar-refractivity contribution in [3.05, 3.63) is 59.7 Å². The van der Waals surface area contributed by atoms with Crippen LogP contribution in [-0.2, 0) is 23.1 Å². The Labute approximate surface area is 125 Å². The molecular weight excluding hydrogens is 286 g/mol. The second-order valence-electron chi connectivity index (χ2n) is 4.76. The van der Waals surface area contributed by atoms with E-state index < -0.39 is 10.0 Å². The first-order valence-corrected chi connectivity index (χ1v) is 8.21. The summed E-state index contributed by atoms with van der Waals surface area (Å²) in [6.07, 6.45) is 0.778. The van der Waals surface area contributed by atoms with Gasteiger partial charge in [0.15, 0.2) is 0 Å². The third-order valence-corrected chi connectivity index (χ3v) is 5.23. The van der Waals surface area contributed by atoms with Gasteiger partial charge in [-0.2, -0.15) is 0 Å². The third kappa shape index (κ3) is 3.09. The molecule has 0 spiro atoms. The van der Waals surface area contributed by atoms with Gasteiger partial charge in [-0.3, -0.25) is 4.31 Å². The number of aryl methyl sites for hydroxylation is 1. The topological polar surface area (TPSA) is 57.6 Å². The van der Waals surface area contributed by atoms with Gasteiger partial charge in [0.2, 0.25) is 0 Å². The molecule has 5 heteroatoms. The number of nitrogens with zero attached hydrogens (tertiary/aromatic N) is 1. The summed E-state index contributed by atoms with van der Waals surface area (Å²) in [5, 5.41) is 9.36. The molecule has 112 valence electrons. The summed E-state index contributed by atoms with van der Waals surface area (Å²) < 4.78 is 26.6. The van der Waals surface area contributed by atoms with Crippen LogP contribution in [0.4, 0.5) is 5.69 Å². The first-order valence-electron chi connectivity index (χ1n) is 6.77. The first kappa shape index (κ1) is 15.5. The Hall–Kier alpha value is -1.85. The third-order valence-electron chi connectivity index (χ3n) is 3.47. The average Bonchev–Trinajstić information content (AvgIpc) is 2.54. The molecule has 0 aliphatic rings. The molecule has 2 aromatic carbocycles. The van der Waals surface area contributed by atoms with Crippen LogP contribution in [-0.4, -0.2) is 20.6 Å². The minimum absolute atomic E-state index is 0.203. The lowest BCUT2D eigenvalue weighted by molar-refractivity contribution is 0.282. The van der Waals surface area contributed by atoms with Crippen molar-refractivity contribution in [2.75, 3.05) is 11.4 Å². The van der Waals surface area contributed by atoms with Crippen LogP contribution in [0.5, 0.6) is 0 Å². The van der Waals surface area contributed by atoms with Crippen molar-refractivity contribution in [3.63, 3.8) is 0 Å². The van der Waals surface area contributed by atoms with Gasteiger partial charge < -0.3 is 5.11 Å². The van der Waals surface area contributed by atoms with Crippen LogP contribution in [0.2, 0.25) is 0 Å². The maximum atomic E-state index is 12.7.